The van der Waals surface area contributed by atoms with E-state index >= 15 is 0 Å². The number of amides is 1. The molecular weight excluding hydrogens is 386 g/mol. The van der Waals surface area contributed by atoms with Crippen LogP contribution in [0.3, 0.4) is 0 Å². The minimum absolute atomic E-state index is 0.244. The zero-order valence-electron chi connectivity index (χ0n) is 17.5. The lowest BCUT2D eigenvalue weighted by Gasteiger charge is -2.40. The van der Waals surface area contributed by atoms with Crippen molar-refractivity contribution in [1.29, 1.82) is 0 Å². The van der Waals surface area contributed by atoms with Gasteiger partial charge in [-0.15, -0.1) is 0 Å². The number of hydrogen-bond donors (Lipinski definition) is 1. The smallest absolute Gasteiger partial charge is 0.248 e. The predicted octanol–water partition coefficient (Wildman–Crippen LogP) is 4.01. The molecule has 3 heterocycles. The van der Waals surface area contributed by atoms with Crippen LogP contribution in [0.1, 0.15) is 33.1 Å². The Hall–Kier alpha value is -3.80. The number of carbonyl (C=O) groups excluding carboxylic acids is 1. The molecule has 2 aromatic carbocycles. The third kappa shape index (κ3) is 3.30. The average molecular weight is 409 g/mol. The molecule has 1 amide bonds. The van der Waals surface area contributed by atoms with Crippen molar-refractivity contribution in [1.82, 2.24) is 15.0 Å². The summed E-state index contributed by atoms with van der Waals surface area (Å²) < 4.78 is 0. The number of para-hydroxylation sites is 1. The fourth-order valence-electron chi connectivity index (χ4n) is 4.39. The lowest BCUT2D eigenvalue weighted by molar-refractivity contribution is 0.0999. The largest absolute Gasteiger partial charge is 0.366 e. The van der Waals surface area contributed by atoms with Crippen LogP contribution in [-0.4, -0.2) is 33.9 Å². The monoisotopic (exact) mass is 409 g/mol. The number of rotatable bonds is 4. The number of nitrogens with two attached hydrogens (primary N) is 1. The number of carbonyl (C=O) groups is 1. The van der Waals surface area contributed by atoms with Crippen LogP contribution in [0.4, 0.5) is 5.82 Å². The highest BCUT2D eigenvalue weighted by Gasteiger charge is 2.33. The van der Waals surface area contributed by atoms with Crippen LogP contribution in [0.2, 0.25) is 0 Å². The fraction of sp³-hybridized carbons (Fsp3) is 0.200. The number of nitrogens with zero attached hydrogens (tertiary/aromatic N) is 4. The van der Waals surface area contributed by atoms with Crippen LogP contribution in [0.5, 0.6) is 0 Å². The van der Waals surface area contributed by atoms with Gasteiger partial charge in [-0.1, -0.05) is 24.3 Å². The first kappa shape index (κ1) is 19.2. The molecule has 2 N–H and O–H groups in total. The molecule has 6 nitrogen and oxygen atoms in total. The summed E-state index contributed by atoms with van der Waals surface area (Å²) in [6.45, 7) is 5.60. The van der Waals surface area contributed by atoms with Crippen molar-refractivity contribution in [2.75, 3.05) is 18.0 Å². The van der Waals surface area contributed by atoms with Gasteiger partial charge < -0.3 is 10.6 Å². The van der Waals surface area contributed by atoms with E-state index in [4.69, 9.17) is 10.7 Å². The summed E-state index contributed by atoms with van der Waals surface area (Å²) in [6.07, 6.45) is 3.44. The molecule has 0 unspecified atom stereocenters. The highest BCUT2D eigenvalue weighted by molar-refractivity contribution is 5.96. The van der Waals surface area contributed by atoms with Gasteiger partial charge in [-0.25, -0.2) is 4.98 Å². The van der Waals surface area contributed by atoms with Gasteiger partial charge in [0, 0.05) is 47.9 Å². The SMILES string of the molecule is Cc1ccc(C(N)=O)c(C)c1-c1nccnc1C1CN(c2ccc3ccccc3n2)C1. The third-order valence-electron chi connectivity index (χ3n) is 6.08. The number of hydrogen-bond acceptors (Lipinski definition) is 5. The fourth-order valence-corrected chi connectivity index (χ4v) is 4.39. The summed E-state index contributed by atoms with van der Waals surface area (Å²) in [7, 11) is 0. The molecule has 0 spiro atoms. The van der Waals surface area contributed by atoms with E-state index in [9.17, 15) is 4.79 Å². The molecule has 31 heavy (non-hydrogen) atoms. The molecule has 0 saturated carbocycles. The molecule has 1 saturated heterocycles. The first-order valence-electron chi connectivity index (χ1n) is 10.3. The summed E-state index contributed by atoms with van der Waals surface area (Å²) in [5.74, 6) is 0.790. The Morgan fingerprint density at radius 2 is 1.77 bits per heavy atom. The standard InChI is InChI=1S/C25H23N5O/c1-15-7-9-19(25(26)31)16(2)22(15)24-23(27-11-12-28-24)18-13-30(14-18)21-10-8-17-5-3-4-6-20(17)29-21/h3-12,18H,13-14H2,1-2H3,(H2,26,31). The lowest BCUT2D eigenvalue weighted by atomic mass is 9.88. The quantitative estimate of drug-likeness (QED) is 0.550. The second-order valence-corrected chi connectivity index (χ2v) is 8.05. The van der Waals surface area contributed by atoms with Crippen LogP contribution in [-0.2, 0) is 0 Å². The van der Waals surface area contributed by atoms with Crippen LogP contribution in [0.25, 0.3) is 22.2 Å². The molecule has 4 aromatic rings. The molecule has 6 heteroatoms. The Balaban J connectivity index is 1.46. The molecule has 1 aliphatic rings. The van der Waals surface area contributed by atoms with Gasteiger partial charge in [0.25, 0.3) is 0 Å². The van der Waals surface area contributed by atoms with Gasteiger partial charge in [-0.3, -0.25) is 14.8 Å². The first-order valence-corrected chi connectivity index (χ1v) is 10.3. The van der Waals surface area contributed by atoms with Gasteiger partial charge in [0.15, 0.2) is 0 Å². The second-order valence-electron chi connectivity index (χ2n) is 8.05. The van der Waals surface area contributed by atoms with Gasteiger partial charge in [0.1, 0.15) is 5.82 Å². The van der Waals surface area contributed by atoms with E-state index in [1.54, 1.807) is 18.5 Å². The lowest BCUT2D eigenvalue weighted by Crippen LogP contribution is -2.46. The molecule has 2 aromatic heterocycles. The molecule has 1 aliphatic heterocycles. The van der Waals surface area contributed by atoms with Crippen LogP contribution >= 0.6 is 0 Å². The summed E-state index contributed by atoms with van der Waals surface area (Å²) >= 11 is 0. The van der Waals surface area contributed by atoms with Crippen molar-refractivity contribution in [2.45, 2.75) is 19.8 Å². The number of primary amides is 1. The molecule has 0 radical (unpaired) electrons. The molecule has 0 aliphatic carbocycles. The van der Waals surface area contributed by atoms with Crippen LogP contribution in [0.15, 0.2) is 60.9 Å². The zero-order chi connectivity index (χ0) is 21.5. The molecular formula is C25H23N5O. The average Bonchev–Trinajstić information content (AvgIpc) is 2.73. The number of fused-ring (bicyclic) bond motifs is 1. The number of aryl methyl sites for hydroxylation is 1. The van der Waals surface area contributed by atoms with Gasteiger partial charge in [-0.05, 0) is 49.2 Å². The Morgan fingerprint density at radius 3 is 2.58 bits per heavy atom. The topological polar surface area (TPSA) is 85.0 Å². The van der Waals surface area contributed by atoms with E-state index in [0.717, 1.165) is 57.9 Å². The Bertz CT molecular complexity index is 1310. The van der Waals surface area contributed by atoms with Crippen LogP contribution in [0, 0.1) is 13.8 Å². The summed E-state index contributed by atoms with van der Waals surface area (Å²) in [6, 6.07) is 16.0. The highest BCUT2D eigenvalue weighted by Crippen LogP contribution is 2.37. The number of anilines is 1. The summed E-state index contributed by atoms with van der Waals surface area (Å²) in [5.41, 5.74) is 11.7. The zero-order valence-corrected chi connectivity index (χ0v) is 17.5. The maximum Gasteiger partial charge on any atom is 0.248 e. The molecule has 0 atom stereocenters. The summed E-state index contributed by atoms with van der Waals surface area (Å²) in [4.78, 5) is 28.3. The number of aromatic nitrogens is 3. The Kier molecular flexibility index (Phi) is 4.62. The normalized spacial score (nSPS) is 13.9. The molecule has 0 bridgehead atoms. The van der Waals surface area contributed by atoms with E-state index in [-0.39, 0.29) is 5.92 Å². The van der Waals surface area contributed by atoms with Gasteiger partial charge in [-0.2, -0.15) is 0 Å². The van der Waals surface area contributed by atoms with Gasteiger partial charge in [0.2, 0.25) is 5.91 Å². The van der Waals surface area contributed by atoms with E-state index in [2.05, 4.69) is 33.1 Å². The van der Waals surface area contributed by atoms with Crippen LogP contribution < -0.4 is 10.6 Å². The Labute approximate surface area is 180 Å². The van der Waals surface area contributed by atoms with E-state index in [1.165, 1.54) is 0 Å². The first-order chi connectivity index (χ1) is 15.0. The molecule has 5 rings (SSSR count). The van der Waals surface area contributed by atoms with E-state index in [0.29, 0.717) is 5.56 Å². The van der Waals surface area contributed by atoms with Crippen molar-refractivity contribution >= 4 is 22.6 Å². The van der Waals surface area contributed by atoms with Crippen molar-refractivity contribution in [3.8, 4) is 11.3 Å². The third-order valence-corrected chi connectivity index (χ3v) is 6.08. The van der Waals surface area contributed by atoms with E-state index in [1.807, 2.05) is 38.1 Å². The second kappa shape index (κ2) is 7.47. The summed E-state index contributed by atoms with van der Waals surface area (Å²) in [5, 5.41) is 1.14. The van der Waals surface area contributed by atoms with Crippen molar-refractivity contribution < 1.29 is 4.79 Å². The van der Waals surface area contributed by atoms with E-state index < -0.39 is 5.91 Å². The maximum atomic E-state index is 11.9. The number of benzene rings is 2. The van der Waals surface area contributed by atoms with Gasteiger partial charge >= 0.3 is 0 Å². The van der Waals surface area contributed by atoms with Crippen molar-refractivity contribution in [3.63, 3.8) is 0 Å². The number of pyridine rings is 1. The highest BCUT2D eigenvalue weighted by atomic mass is 16.1. The van der Waals surface area contributed by atoms with Gasteiger partial charge in [0.05, 0.1) is 16.9 Å². The van der Waals surface area contributed by atoms with Crippen molar-refractivity contribution in [2.24, 2.45) is 5.73 Å². The molecule has 154 valence electrons. The minimum atomic E-state index is -0.429. The van der Waals surface area contributed by atoms with Crippen molar-refractivity contribution in [3.05, 3.63) is 83.3 Å². The minimum Gasteiger partial charge on any atom is -0.366 e. The predicted molar refractivity (Wildman–Crippen MR) is 122 cm³/mol. The Morgan fingerprint density at radius 1 is 1.00 bits per heavy atom. The molecule has 1 fully saturated rings. The maximum absolute atomic E-state index is 11.9.